The Morgan fingerprint density at radius 1 is 1.33 bits per heavy atom. The molecule has 0 aromatic heterocycles. The molecule has 18 heavy (non-hydrogen) atoms. The van der Waals surface area contributed by atoms with Crippen molar-refractivity contribution < 1.29 is 14.3 Å². The summed E-state index contributed by atoms with van der Waals surface area (Å²) in [5.41, 5.74) is 6.34. The summed E-state index contributed by atoms with van der Waals surface area (Å²) in [7, 11) is 1.60. The van der Waals surface area contributed by atoms with E-state index in [2.05, 4.69) is 5.32 Å². The first kappa shape index (κ1) is 14.3. The quantitative estimate of drug-likeness (QED) is 0.538. The number of nitrogen functional groups attached to an aromatic ring is 1. The number of nitrogens with one attached hydrogen (secondary N) is 1. The van der Waals surface area contributed by atoms with Crippen molar-refractivity contribution in [3.8, 4) is 5.75 Å². The third kappa shape index (κ3) is 5.54. The average molecular weight is 252 g/mol. The summed E-state index contributed by atoms with van der Waals surface area (Å²) in [6.07, 6.45) is 1.10. The number of carbonyl (C=O) groups is 1. The van der Waals surface area contributed by atoms with Crippen molar-refractivity contribution in [2.75, 3.05) is 32.6 Å². The second-order valence-electron chi connectivity index (χ2n) is 3.83. The van der Waals surface area contributed by atoms with Gasteiger partial charge in [-0.1, -0.05) is 12.1 Å². The average Bonchev–Trinajstić information content (AvgIpc) is 2.37. The van der Waals surface area contributed by atoms with Crippen LogP contribution in [0.15, 0.2) is 24.3 Å². The molecule has 1 aromatic rings. The van der Waals surface area contributed by atoms with Gasteiger partial charge in [0.1, 0.15) is 5.75 Å². The number of para-hydroxylation sites is 2. The highest BCUT2D eigenvalue weighted by molar-refractivity contribution is 5.75. The van der Waals surface area contributed by atoms with Crippen molar-refractivity contribution in [3.63, 3.8) is 0 Å². The van der Waals surface area contributed by atoms with Crippen LogP contribution in [-0.2, 0) is 9.53 Å². The first-order chi connectivity index (χ1) is 8.74. The third-order valence-corrected chi connectivity index (χ3v) is 2.35. The lowest BCUT2D eigenvalue weighted by Gasteiger charge is -2.08. The maximum Gasteiger partial charge on any atom is 0.220 e. The van der Waals surface area contributed by atoms with E-state index in [1.165, 1.54) is 0 Å². The van der Waals surface area contributed by atoms with Crippen LogP contribution in [0.4, 0.5) is 5.69 Å². The molecule has 0 bridgehead atoms. The number of ether oxygens (including phenoxy) is 2. The van der Waals surface area contributed by atoms with Crippen LogP contribution in [0.25, 0.3) is 0 Å². The molecule has 1 rings (SSSR count). The molecule has 0 unspecified atom stereocenters. The van der Waals surface area contributed by atoms with Gasteiger partial charge in [-0.05, 0) is 18.6 Å². The lowest BCUT2D eigenvalue weighted by molar-refractivity contribution is -0.121. The molecular weight excluding hydrogens is 232 g/mol. The van der Waals surface area contributed by atoms with Crippen LogP contribution in [0, 0.1) is 0 Å². The van der Waals surface area contributed by atoms with Gasteiger partial charge in [0.2, 0.25) is 5.91 Å². The normalized spacial score (nSPS) is 10.1. The maximum atomic E-state index is 11.3. The first-order valence-corrected chi connectivity index (χ1v) is 5.97. The Morgan fingerprint density at radius 3 is 2.83 bits per heavy atom. The van der Waals surface area contributed by atoms with Crippen molar-refractivity contribution in [1.82, 2.24) is 5.32 Å². The van der Waals surface area contributed by atoms with E-state index in [1.807, 2.05) is 18.2 Å². The number of nitrogens with two attached hydrogens (primary N) is 1. The van der Waals surface area contributed by atoms with E-state index < -0.39 is 0 Å². The molecule has 0 spiro atoms. The summed E-state index contributed by atoms with van der Waals surface area (Å²) in [5.74, 6) is 0.675. The van der Waals surface area contributed by atoms with Crippen molar-refractivity contribution >= 4 is 11.6 Å². The highest BCUT2D eigenvalue weighted by Crippen LogP contribution is 2.19. The van der Waals surface area contributed by atoms with Crippen molar-refractivity contribution in [2.24, 2.45) is 0 Å². The van der Waals surface area contributed by atoms with Crippen LogP contribution >= 0.6 is 0 Å². The zero-order valence-corrected chi connectivity index (χ0v) is 10.6. The minimum atomic E-state index is 0.0108. The zero-order chi connectivity index (χ0) is 13.2. The molecule has 0 aliphatic rings. The monoisotopic (exact) mass is 252 g/mol. The first-order valence-electron chi connectivity index (χ1n) is 5.97. The molecule has 0 aliphatic carbocycles. The number of carbonyl (C=O) groups excluding carboxylic acids is 1. The van der Waals surface area contributed by atoms with Gasteiger partial charge in [-0.3, -0.25) is 4.79 Å². The Kier molecular flexibility index (Phi) is 6.64. The van der Waals surface area contributed by atoms with Crippen molar-refractivity contribution in [3.05, 3.63) is 24.3 Å². The Balaban J connectivity index is 2.12. The number of methoxy groups -OCH3 is 1. The summed E-state index contributed by atoms with van der Waals surface area (Å²) < 4.78 is 10.3. The highest BCUT2D eigenvalue weighted by Gasteiger charge is 2.02. The fourth-order valence-corrected chi connectivity index (χ4v) is 1.41. The van der Waals surface area contributed by atoms with E-state index in [-0.39, 0.29) is 5.91 Å². The Labute approximate surface area is 107 Å². The molecule has 0 radical (unpaired) electrons. The molecule has 100 valence electrons. The van der Waals surface area contributed by atoms with Crippen LogP contribution in [0.2, 0.25) is 0 Å². The smallest absolute Gasteiger partial charge is 0.220 e. The molecule has 1 aromatic carbocycles. The van der Waals surface area contributed by atoms with Crippen LogP contribution in [0.5, 0.6) is 5.75 Å². The van der Waals surface area contributed by atoms with Gasteiger partial charge < -0.3 is 20.5 Å². The molecule has 0 fully saturated rings. The Hall–Kier alpha value is -1.75. The van der Waals surface area contributed by atoms with Gasteiger partial charge in [-0.25, -0.2) is 0 Å². The molecule has 0 atom stereocenters. The SMILES string of the molecule is COCCNC(=O)CCCOc1ccccc1N. The summed E-state index contributed by atoms with van der Waals surface area (Å²) in [6, 6.07) is 7.31. The molecule has 3 N–H and O–H groups in total. The minimum absolute atomic E-state index is 0.0108. The fraction of sp³-hybridized carbons (Fsp3) is 0.462. The van der Waals surface area contributed by atoms with Crippen molar-refractivity contribution in [2.45, 2.75) is 12.8 Å². The topological polar surface area (TPSA) is 73.6 Å². The van der Waals surface area contributed by atoms with Gasteiger partial charge in [0.25, 0.3) is 0 Å². The number of anilines is 1. The molecule has 0 aliphatic heterocycles. The van der Waals surface area contributed by atoms with Crippen LogP contribution in [0.3, 0.4) is 0 Å². The standard InChI is InChI=1S/C13H20N2O3/c1-17-10-8-15-13(16)7-4-9-18-12-6-3-2-5-11(12)14/h2-3,5-6H,4,7-10,14H2,1H3,(H,15,16). The summed E-state index contributed by atoms with van der Waals surface area (Å²) in [5, 5.41) is 2.75. The van der Waals surface area contributed by atoms with E-state index in [4.69, 9.17) is 15.2 Å². The molecule has 0 saturated heterocycles. The fourth-order valence-electron chi connectivity index (χ4n) is 1.41. The summed E-state index contributed by atoms with van der Waals surface area (Å²) in [4.78, 5) is 11.3. The molecule has 5 heteroatoms. The number of rotatable bonds is 8. The van der Waals surface area contributed by atoms with Crippen LogP contribution < -0.4 is 15.8 Å². The Bertz CT molecular complexity index is 369. The van der Waals surface area contributed by atoms with E-state index in [0.29, 0.717) is 44.0 Å². The van der Waals surface area contributed by atoms with Crippen LogP contribution in [0.1, 0.15) is 12.8 Å². The van der Waals surface area contributed by atoms with E-state index in [9.17, 15) is 4.79 Å². The highest BCUT2D eigenvalue weighted by atomic mass is 16.5. The number of benzene rings is 1. The maximum absolute atomic E-state index is 11.3. The number of hydrogen-bond acceptors (Lipinski definition) is 4. The van der Waals surface area contributed by atoms with Crippen LogP contribution in [-0.4, -0.2) is 32.8 Å². The third-order valence-electron chi connectivity index (χ3n) is 2.35. The zero-order valence-electron chi connectivity index (χ0n) is 10.6. The lowest BCUT2D eigenvalue weighted by Crippen LogP contribution is -2.26. The van der Waals surface area contributed by atoms with Gasteiger partial charge in [0.05, 0.1) is 18.9 Å². The van der Waals surface area contributed by atoms with Gasteiger partial charge in [0, 0.05) is 20.1 Å². The number of amides is 1. The second kappa shape index (κ2) is 8.36. The van der Waals surface area contributed by atoms with Crippen molar-refractivity contribution in [1.29, 1.82) is 0 Å². The number of hydrogen-bond donors (Lipinski definition) is 2. The van der Waals surface area contributed by atoms with E-state index in [0.717, 1.165) is 0 Å². The molecule has 5 nitrogen and oxygen atoms in total. The Morgan fingerprint density at radius 2 is 2.11 bits per heavy atom. The van der Waals surface area contributed by atoms with Gasteiger partial charge in [-0.15, -0.1) is 0 Å². The van der Waals surface area contributed by atoms with Gasteiger partial charge in [-0.2, -0.15) is 0 Å². The molecular formula is C13H20N2O3. The second-order valence-corrected chi connectivity index (χ2v) is 3.83. The molecule has 0 heterocycles. The lowest BCUT2D eigenvalue weighted by atomic mass is 10.3. The van der Waals surface area contributed by atoms with Gasteiger partial charge in [0.15, 0.2) is 0 Å². The molecule has 0 saturated carbocycles. The molecule has 1 amide bonds. The predicted molar refractivity (Wildman–Crippen MR) is 70.5 cm³/mol. The predicted octanol–water partition coefficient (Wildman–Crippen LogP) is 1.19. The summed E-state index contributed by atoms with van der Waals surface area (Å²) >= 11 is 0. The summed E-state index contributed by atoms with van der Waals surface area (Å²) in [6.45, 7) is 1.55. The van der Waals surface area contributed by atoms with Gasteiger partial charge >= 0.3 is 0 Å². The minimum Gasteiger partial charge on any atom is -0.491 e. The largest absolute Gasteiger partial charge is 0.491 e. The van der Waals surface area contributed by atoms with E-state index in [1.54, 1.807) is 13.2 Å². The van der Waals surface area contributed by atoms with E-state index >= 15 is 0 Å².